The third-order valence-corrected chi connectivity index (χ3v) is 1.99. The average Bonchev–Trinajstić information content (AvgIpc) is 2.20. The predicted molar refractivity (Wildman–Crippen MR) is 49.5 cm³/mol. The molecule has 5 heteroatoms. The summed E-state index contributed by atoms with van der Waals surface area (Å²) < 4.78 is 51.1. The van der Waals surface area contributed by atoms with Crippen LogP contribution >= 0.6 is 0 Å². The Morgan fingerprint density at radius 2 is 1.38 bits per heavy atom. The largest absolute Gasteiger partial charge is 0.248 e. The van der Waals surface area contributed by atoms with Crippen LogP contribution in [0.5, 0.6) is 0 Å². The van der Waals surface area contributed by atoms with Crippen molar-refractivity contribution in [1.29, 1.82) is 0 Å². The molecule has 1 heterocycles. The standard InChI is InChI=1S/C11H5F4N/c12-8-1-6(2-9(13)4-8)7-3-10(14)11(15)16-5-7/h1-5H. The number of rotatable bonds is 1. The van der Waals surface area contributed by atoms with Crippen molar-refractivity contribution in [3.05, 3.63) is 53.9 Å². The third kappa shape index (κ3) is 2.03. The normalized spacial score (nSPS) is 10.5. The summed E-state index contributed by atoms with van der Waals surface area (Å²) in [7, 11) is 0. The molecular weight excluding hydrogens is 222 g/mol. The smallest absolute Gasteiger partial charge is 0.225 e. The Labute approximate surface area is 88.4 Å². The molecule has 0 fully saturated rings. The van der Waals surface area contributed by atoms with Gasteiger partial charge in [-0.25, -0.2) is 18.2 Å². The minimum Gasteiger partial charge on any atom is -0.225 e. The third-order valence-electron chi connectivity index (χ3n) is 1.99. The maximum Gasteiger partial charge on any atom is 0.248 e. The molecule has 0 radical (unpaired) electrons. The van der Waals surface area contributed by atoms with Crippen molar-refractivity contribution in [2.75, 3.05) is 0 Å². The number of nitrogens with zero attached hydrogens (tertiary/aromatic N) is 1. The molecule has 0 aliphatic rings. The van der Waals surface area contributed by atoms with Gasteiger partial charge in [0.2, 0.25) is 5.95 Å². The molecule has 2 aromatic rings. The zero-order valence-electron chi connectivity index (χ0n) is 7.85. The first-order valence-corrected chi connectivity index (χ1v) is 4.34. The van der Waals surface area contributed by atoms with E-state index in [9.17, 15) is 17.6 Å². The number of aromatic nitrogens is 1. The molecule has 0 bridgehead atoms. The monoisotopic (exact) mass is 227 g/mol. The second kappa shape index (κ2) is 3.92. The Morgan fingerprint density at radius 1 is 0.750 bits per heavy atom. The van der Waals surface area contributed by atoms with E-state index in [1.807, 2.05) is 0 Å². The quantitative estimate of drug-likeness (QED) is 0.538. The maximum atomic E-state index is 12.9. The molecule has 2 rings (SSSR count). The number of hydrogen-bond acceptors (Lipinski definition) is 1. The molecule has 0 aliphatic heterocycles. The van der Waals surface area contributed by atoms with Gasteiger partial charge < -0.3 is 0 Å². The van der Waals surface area contributed by atoms with Gasteiger partial charge in [0.05, 0.1) is 0 Å². The van der Waals surface area contributed by atoms with E-state index < -0.39 is 23.4 Å². The fraction of sp³-hybridized carbons (Fsp3) is 0. The summed E-state index contributed by atoms with van der Waals surface area (Å²) in [5, 5.41) is 0. The molecule has 82 valence electrons. The summed E-state index contributed by atoms with van der Waals surface area (Å²) in [6, 6.07) is 3.54. The first kappa shape index (κ1) is 10.6. The van der Waals surface area contributed by atoms with Crippen molar-refractivity contribution in [2.24, 2.45) is 0 Å². The summed E-state index contributed by atoms with van der Waals surface area (Å²) in [5.41, 5.74) is 0.209. The Bertz CT molecular complexity index is 519. The number of benzene rings is 1. The zero-order chi connectivity index (χ0) is 11.7. The van der Waals surface area contributed by atoms with E-state index in [0.29, 0.717) is 6.07 Å². The molecular formula is C11H5F4N. The van der Waals surface area contributed by atoms with Gasteiger partial charge in [0.1, 0.15) is 11.6 Å². The van der Waals surface area contributed by atoms with Crippen LogP contribution in [0.1, 0.15) is 0 Å². The Hall–Kier alpha value is -1.91. The predicted octanol–water partition coefficient (Wildman–Crippen LogP) is 3.31. The van der Waals surface area contributed by atoms with E-state index in [-0.39, 0.29) is 11.1 Å². The summed E-state index contributed by atoms with van der Waals surface area (Å²) >= 11 is 0. The highest BCUT2D eigenvalue weighted by atomic mass is 19.2. The van der Waals surface area contributed by atoms with Crippen molar-refractivity contribution >= 4 is 0 Å². The molecule has 1 aromatic carbocycles. The van der Waals surface area contributed by atoms with Crippen LogP contribution in [0.15, 0.2) is 30.5 Å². The topological polar surface area (TPSA) is 12.9 Å². The summed E-state index contributed by atoms with van der Waals surface area (Å²) in [6.45, 7) is 0. The van der Waals surface area contributed by atoms with Crippen molar-refractivity contribution in [1.82, 2.24) is 4.98 Å². The van der Waals surface area contributed by atoms with Crippen LogP contribution in [0.3, 0.4) is 0 Å². The van der Waals surface area contributed by atoms with Gasteiger partial charge in [-0.1, -0.05) is 0 Å². The molecule has 0 saturated heterocycles. The maximum absolute atomic E-state index is 12.9. The highest BCUT2D eigenvalue weighted by molar-refractivity contribution is 5.62. The van der Waals surface area contributed by atoms with Crippen LogP contribution in [0, 0.1) is 23.4 Å². The van der Waals surface area contributed by atoms with Gasteiger partial charge in [-0.2, -0.15) is 4.39 Å². The van der Waals surface area contributed by atoms with Gasteiger partial charge in [0.15, 0.2) is 5.82 Å². The van der Waals surface area contributed by atoms with Crippen molar-refractivity contribution < 1.29 is 17.6 Å². The molecule has 0 spiro atoms. The minimum absolute atomic E-state index is 0.101. The highest BCUT2D eigenvalue weighted by Crippen LogP contribution is 2.22. The SMILES string of the molecule is Fc1cc(F)cc(-c2cnc(F)c(F)c2)c1. The van der Waals surface area contributed by atoms with E-state index in [1.165, 1.54) is 0 Å². The molecule has 0 N–H and O–H groups in total. The van der Waals surface area contributed by atoms with E-state index >= 15 is 0 Å². The lowest BCUT2D eigenvalue weighted by Gasteiger charge is -2.02. The number of pyridine rings is 1. The van der Waals surface area contributed by atoms with Crippen LogP contribution in [0.25, 0.3) is 11.1 Å². The van der Waals surface area contributed by atoms with Crippen LogP contribution < -0.4 is 0 Å². The Morgan fingerprint density at radius 3 is 1.94 bits per heavy atom. The molecule has 1 nitrogen and oxygen atoms in total. The lowest BCUT2D eigenvalue weighted by Crippen LogP contribution is -1.91. The molecule has 0 atom stereocenters. The molecule has 16 heavy (non-hydrogen) atoms. The van der Waals surface area contributed by atoms with E-state index in [2.05, 4.69) is 4.98 Å². The Balaban J connectivity index is 2.54. The fourth-order valence-corrected chi connectivity index (χ4v) is 1.30. The van der Waals surface area contributed by atoms with Gasteiger partial charge in [-0.15, -0.1) is 0 Å². The number of halogens is 4. The molecule has 0 saturated carbocycles. The van der Waals surface area contributed by atoms with Crippen LogP contribution in [-0.4, -0.2) is 4.98 Å². The lowest BCUT2D eigenvalue weighted by atomic mass is 10.1. The molecule has 1 aromatic heterocycles. The van der Waals surface area contributed by atoms with Crippen molar-refractivity contribution in [3.63, 3.8) is 0 Å². The highest BCUT2D eigenvalue weighted by Gasteiger charge is 2.08. The summed E-state index contributed by atoms with van der Waals surface area (Å²) in [5.74, 6) is -4.00. The first-order chi connectivity index (χ1) is 7.56. The first-order valence-electron chi connectivity index (χ1n) is 4.34. The van der Waals surface area contributed by atoms with Gasteiger partial charge >= 0.3 is 0 Å². The molecule has 0 unspecified atom stereocenters. The van der Waals surface area contributed by atoms with Crippen LogP contribution in [0.2, 0.25) is 0 Å². The van der Waals surface area contributed by atoms with Crippen molar-refractivity contribution in [3.8, 4) is 11.1 Å². The van der Waals surface area contributed by atoms with Gasteiger partial charge in [0.25, 0.3) is 0 Å². The molecule has 0 amide bonds. The van der Waals surface area contributed by atoms with Crippen LogP contribution in [-0.2, 0) is 0 Å². The Kier molecular flexibility index (Phi) is 2.60. The lowest BCUT2D eigenvalue weighted by molar-refractivity contribution is 0.480. The zero-order valence-corrected chi connectivity index (χ0v) is 7.85. The number of hydrogen-bond donors (Lipinski definition) is 0. The van der Waals surface area contributed by atoms with Crippen LogP contribution in [0.4, 0.5) is 17.6 Å². The van der Waals surface area contributed by atoms with Gasteiger partial charge in [0, 0.05) is 17.8 Å². The summed E-state index contributed by atoms with van der Waals surface area (Å²) in [4.78, 5) is 3.13. The second-order valence-corrected chi connectivity index (χ2v) is 3.15. The van der Waals surface area contributed by atoms with Gasteiger partial charge in [-0.3, -0.25) is 0 Å². The van der Waals surface area contributed by atoms with Crippen molar-refractivity contribution in [2.45, 2.75) is 0 Å². The van der Waals surface area contributed by atoms with E-state index in [0.717, 1.165) is 24.4 Å². The van der Waals surface area contributed by atoms with E-state index in [1.54, 1.807) is 0 Å². The summed E-state index contributed by atoms with van der Waals surface area (Å²) in [6.07, 6.45) is 1.01. The molecule has 0 aliphatic carbocycles. The van der Waals surface area contributed by atoms with Gasteiger partial charge in [-0.05, 0) is 23.8 Å². The second-order valence-electron chi connectivity index (χ2n) is 3.15. The average molecular weight is 227 g/mol. The van der Waals surface area contributed by atoms with E-state index in [4.69, 9.17) is 0 Å². The minimum atomic E-state index is -1.25. The fourth-order valence-electron chi connectivity index (χ4n) is 1.30.